The van der Waals surface area contributed by atoms with Gasteiger partial charge in [0.15, 0.2) is 0 Å². The Labute approximate surface area is 130 Å². The molecule has 0 aliphatic carbocycles. The first kappa shape index (κ1) is 13.5. The van der Waals surface area contributed by atoms with Crippen molar-refractivity contribution in [3.63, 3.8) is 0 Å². The second kappa shape index (κ2) is 4.93. The number of amides is 1. The molecule has 2 aliphatic heterocycles. The maximum absolute atomic E-state index is 13.1. The first-order valence-corrected chi connectivity index (χ1v) is 7.94. The third-order valence-electron chi connectivity index (χ3n) is 4.94. The normalized spacial score (nSPS) is 19.9. The van der Waals surface area contributed by atoms with Crippen LogP contribution in [0.2, 0.25) is 0 Å². The standard InChI is InChI=1S/C17H20N4O/c1-11-5-7-18-15-13(11)6-9-21(15)17(22)14-4-3-8-20-12(2)10-19-16(14)20/h5,7,10,14H,3-4,6,8-9H2,1-2H3. The molecule has 4 rings (SSSR count). The van der Waals surface area contributed by atoms with Crippen LogP contribution in [-0.4, -0.2) is 27.0 Å². The van der Waals surface area contributed by atoms with Crippen LogP contribution in [0.3, 0.4) is 0 Å². The number of rotatable bonds is 1. The Kier molecular flexibility index (Phi) is 3.03. The third-order valence-corrected chi connectivity index (χ3v) is 4.94. The second-order valence-electron chi connectivity index (χ2n) is 6.27. The Hall–Kier alpha value is -2.17. The van der Waals surface area contributed by atoms with Gasteiger partial charge in [-0.25, -0.2) is 9.97 Å². The Bertz CT molecular complexity index is 749. The average Bonchev–Trinajstić information content (AvgIpc) is 3.12. The van der Waals surface area contributed by atoms with Gasteiger partial charge in [-0.3, -0.25) is 9.69 Å². The van der Waals surface area contributed by atoms with Gasteiger partial charge < -0.3 is 4.57 Å². The highest BCUT2D eigenvalue weighted by Gasteiger charge is 2.36. The van der Waals surface area contributed by atoms with Crippen molar-refractivity contribution in [2.45, 2.75) is 45.6 Å². The van der Waals surface area contributed by atoms with E-state index in [-0.39, 0.29) is 11.8 Å². The monoisotopic (exact) mass is 296 g/mol. The number of aromatic nitrogens is 3. The molecule has 0 aromatic carbocycles. The molecule has 0 saturated carbocycles. The van der Waals surface area contributed by atoms with Crippen LogP contribution in [0.15, 0.2) is 18.5 Å². The molecule has 22 heavy (non-hydrogen) atoms. The quantitative estimate of drug-likeness (QED) is 0.812. The van der Waals surface area contributed by atoms with E-state index >= 15 is 0 Å². The summed E-state index contributed by atoms with van der Waals surface area (Å²) >= 11 is 0. The van der Waals surface area contributed by atoms with E-state index in [1.54, 1.807) is 6.20 Å². The van der Waals surface area contributed by atoms with E-state index < -0.39 is 0 Å². The van der Waals surface area contributed by atoms with E-state index in [1.165, 1.54) is 11.1 Å². The Morgan fingerprint density at radius 1 is 1.27 bits per heavy atom. The van der Waals surface area contributed by atoms with Crippen molar-refractivity contribution in [2.24, 2.45) is 0 Å². The van der Waals surface area contributed by atoms with Gasteiger partial charge in [0.1, 0.15) is 11.6 Å². The maximum atomic E-state index is 13.1. The summed E-state index contributed by atoms with van der Waals surface area (Å²) in [6.07, 6.45) is 6.49. The molecule has 0 spiro atoms. The van der Waals surface area contributed by atoms with Gasteiger partial charge in [0.25, 0.3) is 0 Å². The summed E-state index contributed by atoms with van der Waals surface area (Å²) in [4.78, 5) is 23.9. The van der Waals surface area contributed by atoms with Gasteiger partial charge >= 0.3 is 0 Å². The van der Waals surface area contributed by atoms with Gasteiger partial charge in [0.2, 0.25) is 5.91 Å². The molecule has 0 fully saturated rings. The van der Waals surface area contributed by atoms with Crippen molar-refractivity contribution in [3.05, 3.63) is 41.1 Å². The van der Waals surface area contributed by atoms with Crippen molar-refractivity contribution in [3.8, 4) is 0 Å². The van der Waals surface area contributed by atoms with E-state index in [0.717, 1.165) is 49.7 Å². The SMILES string of the molecule is Cc1ccnc2c1CCN2C(=O)C1CCCn2c(C)cnc21. The lowest BCUT2D eigenvalue weighted by Gasteiger charge is -2.27. The zero-order valence-corrected chi connectivity index (χ0v) is 13.0. The summed E-state index contributed by atoms with van der Waals surface area (Å²) in [5, 5.41) is 0. The molecular weight excluding hydrogens is 276 g/mol. The summed E-state index contributed by atoms with van der Waals surface area (Å²) in [5.41, 5.74) is 3.58. The van der Waals surface area contributed by atoms with Crippen LogP contribution in [-0.2, 0) is 17.8 Å². The first-order valence-electron chi connectivity index (χ1n) is 7.94. The van der Waals surface area contributed by atoms with Crippen LogP contribution < -0.4 is 4.90 Å². The van der Waals surface area contributed by atoms with Gasteiger partial charge in [-0.15, -0.1) is 0 Å². The number of carbonyl (C=O) groups excluding carboxylic acids is 1. The van der Waals surface area contributed by atoms with Gasteiger partial charge in [-0.05, 0) is 50.3 Å². The van der Waals surface area contributed by atoms with Crippen LogP contribution in [0.5, 0.6) is 0 Å². The van der Waals surface area contributed by atoms with Crippen molar-refractivity contribution in [1.82, 2.24) is 14.5 Å². The van der Waals surface area contributed by atoms with E-state index in [0.29, 0.717) is 0 Å². The largest absolute Gasteiger partial charge is 0.332 e. The summed E-state index contributed by atoms with van der Waals surface area (Å²) in [6.45, 7) is 5.85. The zero-order valence-electron chi connectivity index (χ0n) is 13.0. The van der Waals surface area contributed by atoms with Gasteiger partial charge in [0, 0.05) is 31.2 Å². The van der Waals surface area contributed by atoms with Crippen LogP contribution in [0.25, 0.3) is 0 Å². The van der Waals surface area contributed by atoms with Crippen LogP contribution >= 0.6 is 0 Å². The molecule has 5 nitrogen and oxygen atoms in total. The maximum Gasteiger partial charge on any atom is 0.238 e. The highest BCUT2D eigenvalue weighted by molar-refractivity contribution is 5.98. The minimum absolute atomic E-state index is 0.129. The molecule has 0 radical (unpaired) electrons. The van der Waals surface area contributed by atoms with Gasteiger partial charge in [-0.2, -0.15) is 0 Å². The molecule has 5 heteroatoms. The fourth-order valence-corrected chi connectivity index (χ4v) is 3.71. The van der Waals surface area contributed by atoms with Crippen LogP contribution in [0.1, 0.15) is 41.4 Å². The van der Waals surface area contributed by atoms with Gasteiger partial charge in [-0.1, -0.05) is 0 Å². The Balaban J connectivity index is 1.69. The summed E-state index contributed by atoms with van der Waals surface area (Å²) in [7, 11) is 0. The minimum atomic E-state index is -0.129. The molecule has 1 atom stereocenters. The summed E-state index contributed by atoms with van der Waals surface area (Å²) in [6, 6.07) is 2.02. The number of pyridine rings is 1. The van der Waals surface area contributed by atoms with Crippen molar-refractivity contribution in [2.75, 3.05) is 11.4 Å². The molecule has 0 bridgehead atoms. The molecular formula is C17H20N4O. The lowest BCUT2D eigenvalue weighted by Crippen LogP contribution is -2.37. The zero-order chi connectivity index (χ0) is 15.3. The number of carbonyl (C=O) groups is 1. The van der Waals surface area contributed by atoms with Crippen molar-refractivity contribution in [1.29, 1.82) is 0 Å². The van der Waals surface area contributed by atoms with E-state index in [1.807, 2.05) is 17.2 Å². The molecule has 114 valence electrons. The molecule has 2 aromatic heterocycles. The number of anilines is 1. The minimum Gasteiger partial charge on any atom is -0.332 e. The fourth-order valence-electron chi connectivity index (χ4n) is 3.71. The average molecular weight is 296 g/mol. The molecule has 4 heterocycles. The van der Waals surface area contributed by atoms with Gasteiger partial charge in [0.05, 0.1) is 5.92 Å². The molecule has 0 saturated heterocycles. The number of hydrogen-bond donors (Lipinski definition) is 0. The van der Waals surface area contributed by atoms with E-state index in [4.69, 9.17) is 0 Å². The summed E-state index contributed by atoms with van der Waals surface area (Å²) in [5.74, 6) is 1.80. The predicted octanol–water partition coefficient (Wildman–Crippen LogP) is 2.36. The van der Waals surface area contributed by atoms with E-state index in [2.05, 4.69) is 28.4 Å². The van der Waals surface area contributed by atoms with Crippen molar-refractivity contribution < 1.29 is 4.79 Å². The highest BCUT2D eigenvalue weighted by atomic mass is 16.2. The lowest BCUT2D eigenvalue weighted by atomic mass is 9.97. The number of imidazole rings is 1. The Morgan fingerprint density at radius 2 is 2.14 bits per heavy atom. The number of nitrogens with zero attached hydrogens (tertiary/aromatic N) is 4. The summed E-state index contributed by atoms with van der Waals surface area (Å²) < 4.78 is 2.19. The Morgan fingerprint density at radius 3 is 3.00 bits per heavy atom. The number of aryl methyl sites for hydroxylation is 2. The molecule has 1 amide bonds. The fraction of sp³-hybridized carbons (Fsp3) is 0.471. The first-order chi connectivity index (χ1) is 10.7. The third kappa shape index (κ3) is 1.88. The van der Waals surface area contributed by atoms with Crippen LogP contribution in [0, 0.1) is 13.8 Å². The second-order valence-corrected chi connectivity index (χ2v) is 6.27. The topological polar surface area (TPSA) is 51.0 Å². The molecule has 2 aromatic rings. The molecule has 0 N–H and O–H groups in total. The van der Waals surface area contributed by atoms with E-state index in [9.17, 15) is 4.79 Å². The smallest absolute Gasteiger partial charge is 0.238 e. The number of hydrogen-bond acceptors (Lipinski definition) is 3. The van der Waals surface area contributed by atoms with Crippen LogP contribution in [0.4, 0.5) is 5.82 Å². The molecule has 1 unspecified atom stereocenters. The number of fused-ring (bicyclic) bond motifs is 2. The predicted molar refractivity (Wildman–Crippen MR) is 84.0 cm³/mol. The van der Waals surface area contributed by atoms with Crippen molar-refractivity contribution >= 4 is 11.7 Å². The lowest BCUT2D eigenvalue weighted by molar-refractivity contribution is -0.120. The highest BCUT2D eigenvalue weighted by Crippen LogP contribution is 2.34. The molecule has 2 aliphatic rings.